The van der Waals surface area contributed by atoms with Crippen LogP contribution in [0.3, 0.4) is 0 Å². The van der Waals surface area contributed by atoms with Gasteiger partial charge in [-0.1, -0.05) is 0 Å². The van der Waals surface area contributed by atoms with Crippen molar-refractivity contribution < 1.29 is 14.3 Å². The molecule has 4 N–H and O–H groups in total. The van der Waals surface area contributed by atoms with E-state index in [1.54, 1.807) is 22.5 Å². The number of rotatable bonds is 7. The Morgan fingerprint density at radius 2 is 1.10 bits per heavy atom. The first kappa shape index (κ1) is 54.2. The Hall–Kier alpha value is -3.75. The number of pyridine rings is 1. The summed E-state index contributed by atoms with van der Waals surface area (Å²) in [5, 5.41) is 17.4. The topological polar surface area (TPSA) is 154 Å². The largest absolute Gasteiger partial charge is 0.477 e. The molecule has 0 bridgehead atoms. The van der Waals surface area contributed by atoms with E-state index in [9.17, 15) is 19.1 Å². The smallest absolute Gasteiger partial charge is 0.341 e. The van der Waals surface area contributed by atoms with E-state index in [1.807, 2.05) is 4.90 Å². The summed E-state index contributed by atoms with van der Waals surface area (Å²) in [7, 11) is 13.8. The predicted octanol–water partition coefficient (Wildman–Crippen LogP) is 2.77. The van der Waals surface area contributed by atoms with Crippen molar-refractivity contribution in [2.24, 2.45) is 10.7 Å². The molecule has 378 valence electrons. The summed E-state index contributed by atoms with van der Waals surface area (Å²) in [4.78, 5) is 52.3. The molecule has 4 fully saturated rings. The number of piperazine rings is 1. The number of amidine groups is 1. The van der Waals surface area contributed by atoms with Crippen molar-refractivity contribution in [3.8, 4) is 0 Å². The molecule has 4 aliphatic rings. The number of aromatic carboxylic acids is 1. The van der Waals surface area contributed by atoms with Crippen molar-refractivity contribution in [1.82, 2.24) is 48.7 Å². The molecule has 4 heterocycles. The third-order valence-electron chi connectivity index (χ3n) is 13.9. The molecule has 17 nitrogen and oxygen atoms in total. The number of carboxylic acid groups (broad SMARTS) is 1. The van der Waals surface area contributed by atoms with Gasteiger partial charge in [-0.3, -0.25) is 10.2 Å². The molecule has 1 aromatic carbocycles. The van der Waals surface area contributed by atoms with Crippen LogP contribution in [0.1, 0.15) is 68.3 Å². The molecule has 0 atom stereocenters. The zero-order valence-corrected chi connectivity index (χ0v) is 42.4. The highest BCUT2D eigenvalue weighted by Crippen LogP contribution is 2.38. The summed E-state index contributed by atoms with van der Waals surface area (Å²) in [5.41, 5.74) is 5.43. The molecule has 1 aliphatic carbocycles. The van der Waals surface area contributed by atoms with E-state index >= 15 is 0 Å². The number of aromatic nitrogens is 1. The van der Waals surface area contributed by atoms with Crippen LogP contribution in [0, 0.1) is 11.2 Å². The van der Waals surface area contributed by atoms with Gasteiger partial charge < -0.3 is 64.4 Å². The molecule has 18 heteroatoms. The highest BCUT2D eigenvalue weighted by atomic mass is 19.1. The van der Waals surface area contributed by atoms with Crippen LogP contribution in [0.25, 0.3) is 10.9 Å². The van der Waals surface area contributed by atoms with Gasteiger partial charge in [-0.2, -0.15) is 0 Å². The third-order valence-corrected chi connectivity index (χ3v) is 13.9. The number of nitrogens with two attached hydrogens (primary N) is 1. The summed E-state index contributed by atoms with van der Waals surface area (Å²) >= 11 is 0. The number of hydrogen-bond donors (Lipinski definition) is 3. The number of halogens is 1. The first-order valence-electron chi connectivity index (χ1n) is 25.1. The Morgan fingerprint density at radius 3 is 1.52 bits per heavy atom. The lowest BCUT2D eigenvalue weighted by Gasteiger charge is -2.36. The second kappa shape index (κ2) is 27.4. The van der Waals surface area contributed by atoms with E-state index in [1.165, 1.54) is 156 Å². The number of nitrogens with one attached hydrogen (secondary N) is 1. The average Bonchev–Trinajstić information content (AvgIpc) is 4.13. The molecule has 1 aromatic heterocycles. The molecule has 0 unspecified atom stereocenters. The fraction of sp³-hybridized carbons (Fsp3) is 0.755. The van der Waals surface area contributed by atoms with E-state index < -0.39 is 17.2 Å². The maximum absolute atomic E-state index is 15.0. The van der Waals surface area contributed by atoms with Crippen LogP contribution in [-0.4, -0.2) is 258 Å². The van der Waals surface area contributed by atoms with Gasteiger partial charge >= 0.3 is 5.97 Å². The molecule has 1 saturated carbocycles. The van der Waals surface area contributed by atoms with E-state index in [0.717, 1.165) is 18.9 Å². The molecule has 0 spiro atoms. The lowest BCUT2D eigenvalue weighted by atomic mass is 10.1. The van der Waals surface area contributed by atoms with E-state index in [2.05, 4.69) is 86.5 Å². The number of hydrogen-bond acceptors (Lipinski definition) is 12. The van der Waals surface area contributed by atoms with Gasteiger partial charge in [-0.25, -0.2) is 14.2 Å². The van der Waals surface area contributed by atoms with Gasteiger partial charge in [0, 0.05) is 96.2 Å². The minimum Gasteiger partial charge on any atom is -0.477 e. The van der Waals surface area contributed by atoms with Crippen LogP contribution in [-0.2, 0) is 0 Å². The number of anilines is 1. The molecule has 0 amide bonds. The van der Waals surface area contributed by atoms with Crippen molar-refractivity contribution in [3.05, 3.63) is 39.9 Å². The maximum Gasteiger partial charge on any atom is 0.341 e. The second-order valence-corrected chi connectivity index (χ2v) is 20.0. The lowest BCUT2D eigenvalue weighted by Crippen LogP contribution is -2.48. The molecule has 3 saturated heterocycles. The zero-order chi connectivity index (χ0) is 48.5. The Morgan fingerprint density at radius 1 is 0.672 bits per heavy atom. The first-order chi connectivity index (χ1) is 32.1. The minimum absolute atomic E-state index is 0.0798. The van der Waals surface area contributed by atoms with Crippen LogP contribution in [0.2, 0.25) is 0 Å². The molecule has 67 heavy (non-hydrogen) atoms. The summed E-state index contributed by atoms with van der Waals surface area (Å²) in [6.07, 6.45) is 9.54. The van der Waals surface area contributed by atoms with E-state index in [4.69, 9.17) is 11.1 Å². The second-order valence-electron chi connectivity index (χ2n) is 20.0. The number of fused-ring (bicyclic) bond motifs is 1. The number of carboxylic acids is 1. The number of aliphatic imine (C=N–C) groups is 1. The Labute approximate surface area is 401 Å². The first-order valence-corrected chi connectivity index (χ1v) is 25.1. The fourth-order valence-corrected chi connectivity index (χ4v) is 9.32. The summed E-state index contributed by atoms with van der Waals surface area (Å²) < 4.78 is 16.7. The van der Waals surface area contributed by atoms with Crippen LogP contribution < -0.4 is 16.1 Å². The number of nitrogens with zero attached hydrogens (tertiary/aromatic N) is 12. The average molecular weight is 939 g/mol. The Balaban J connectivity index is 0.000000255. The summed E-state index contributed by atoms with van der Waals surface area (Å²) in [6, 6.07) is 2.91. The quantitative estimate of drug-likeness (QED) is 0.276. The zero-order valence-electron chi connectivity index (χ0n) is 42.4. The summed E-state index contributed by atoms with van der Waals surface area (Å²) in [5.74, 6) is -1.49. The van der Waals surface area contributed by atoms with Gasteiger partial charge in [0.25, 0.3) is 0 Å². The molecule has 3 aliphatic heterocycles. The molecule has 2 aromatic rings. The molecule has 6 rings (SSSR count). The highest BCUT2D eigenvalue weighted by molar-refractivity contribution is 5.94. The van der Waals surface area contributed by atoms with Gasteiger partial charge in [0.05, 0.1) is 17.0 Å². The third kappa shape index (κ3) is 18.3. The van der Waals surface area contributed by atoms with Crippen LogP contribution in [0.5, 0.6) is 0 Å². The predicted molar refractivity (Wildman–Crippen MR) is 273 cm³/mol. The number of benzene rings is 1. The normalized spacial score (nSPS) is 22.2. The van der Waals surface area contributed by atoms with Crippen molar-refractivity contribution >= 4 is 34.4 Å². The van der Waals surface area contributed by atoms with Crippen molar-refractivity contribution in [2.75, 3.05) is 191 Å². The van der Waals surface area contributed by atoms with Gasteiger partial charge in [0.1, 0.15) is 11.4 Å². The monoisotopic (exact) mass is 939 g/mol. The van der Waals surface area contributed by atoms with E-state index in [0.29, 0.717) is 43.2 Å². The SMILES string of the molecule is CC(N)=NC(=N)N1CCN(c2cc3c(cc2F)c(=O)c(C(=O)O)cn3C2CC2)CC1.CN1CCCN(C)CCN(CCCN2CCCN(C)CCN(C)CCCN(C)CC2)CCCN(C)CC1. The van der Waals surface area contributed by atoms with Gasteiger partial charge in [-0.05, 0) is 172 Å². The number of guanidine groups is 1. The fourth-order valence-electron chi connectivity index (χ4n) is 9.32. The van der Waals surface area contributed by atoms with Crippen LogP contribution in [0.15, 0.2) is 28.1 Å². The van der Waals surface area contributed by atoms with Crippen molar-refractivity contribution in [1.29, 1.82) is 5.41 Å². The van der Waals surface area contributed by atoms with Gasteiger partial charge in [0.2, 0.25) is 11.4 Å². The maximum atomic E-state index is 15.0. The van der Waals surface area contributed by atoms with E-state index in [-0.39, 0.29) is 23.0 Å². The van der Waals surface area contributed by atoms with Gasteiger partial charge in [0.15, 0.2) is 0 Å². The molecule has 0 radical (unpaired) electrons. The summed E-state index contributed by atoms with van der Waals surface area (Å²) in [6.45, 7) is 25.3. The molecular formula is C49H87FN14O3. The Bertz CT molecular complexity index is 1890. The standard InChI is InChI=1S/C29H64N8.C20H23FN6O3/c1-30-12-7-14-34(5)26-28-36(18-9-16-32(3)24-22-30)20-11-21-37-19-10-17-33(4)25-23-31(2)13-8-15-35(6)27-29-37;1-11(22)24-20(23)26-6-4-25(5-7-26)17-9-16-13(8-15(17)21)18(28)14(19(29)30)10-27(16)12-2-3-12/h7-29H2,1-6H3;8-10,12H,2-7H2,1H3,(H,29,30)(H3,22,23,24). The van der Waals surface area contributed by atoms with Crippen LogP contribution >= 0.6 is 0 Å². The Kier molecular flexibility index (Phi) is 22.2. The minimum atomic E-state index is -1.31. The van der Waals surface area contributed by atoms with Crippen molar-refractivity contribution in [3.63, 3.8) is 0 Å². The van der Waals surface area contributed by atoms with Crippen LogP contribution in [0.4, 0.5) is 10.1 Å². The number of likely N-dealkylation sites (N-methyl/N-ethyl adjacent to an activating group) is 6. The lowest BCUT2D eigenvalue weighted by molar-refractivity contribution is 0.0694. The van der Waals surface area contributed by atoms with Crippen molar-refractivity contribution in [2.45, 2.75) is 57.9 Å². The molecular weight excluding hydrogens is 852 g/mol. The van der Waals surface area contributed by atoms with Gasteiger partial charge in [-0.15, -0.1) is 0 Å². The highest BCUT2D eigenvalue weighted by Gasteiger charge is 2.29. The number of carbonyl (C=O) groups is 1.